The minimum Gasteiger partial charge on any atom is -0.310 e. The molecule has 0 radical (unpaired) electrons. The van der Waals surface area contributed by atoms with Crippen LogP contribution in [0.5, 0.6) is 0 Å². The van der Waals surface area contributed by atoms with Crippen LogP contribution in [-0.2, 0) is 0 Å². The fraction of sp³-hybridized carbons (Fsp3) is 0.148. The van der Waals surface area contributed by atoms with Gasteiger partial charge in [0, 0.05) is 34.1 Å². The second-order valence-corrected chi connectivity index (χ2v) is 15.3. The molecule has 0 amide bonds. The number of hydrogen-bond donors (Lipinski definition) is 0. The molecule has 56 heavy (non-hydrogen) atoms. The molecule has 0 saturated heterocycles. The quantitative estimate of drug-likeness (QED) is 0.129. The summed E-state index contributed by atoms with van der Waals surface area (Å²) in [6.45, 7) is 17.4. The van der Waals surface area contributed by atoms with E-state index in [-0.39, 0.29) is 0 Å². The molecule has 0 bridgehead atoms. The van der Waals surface area contributed by atoms with Gasteiger partial charge in [-0.1, -0.05) is 97.1 Å². The van der Waals surface area contributed by atoms with E-state index < -0.39 is 0 Å². The molecule has 0 N–H and O–H groups in total. The van der Waals surface area contributed by atoms with Crippen LogP contribution < -0.4 is 9.80 Å². The molecule has 0 spiro atoms. The molecule has 0 unspecified atom stereocenters. The first-order valence-electron chi connectivity index (χ1n) is 19.6. The van der Waals surface area contributed by atoms with Gasteiger partial charge in [0.1, 0.15) is 0 Å². The molecular weight excluding hydrogens is 677 g/mol. The first-order valence-corrected chi connectivity index (χ1v) is 19.6. The van der Waals surface area contributed by atoms with Crippen molar-refractivity contribution >= 4 is 58.4 Å². The van der Waals surface area contributed by atoms with E-state index in [4.69, 9.17) is 0 Å². The Morgan fingerprint density at radius 2 is 0.429 bits per heavy atom. The van der Waals surface area contributed by atoms with Crippen molar-refractivity contribution in [1.82, 2.24) is 0 Å². The lowest BCUT2D eigenvalue weighted by molar-refractivity contribution is 1.23. The molecule has 7 aromatic rings. The zero-order valence-electron chi connectivity index (χ0n) is 34.1. The van der Waals surface area contributed by atoms with Gasteiger partial charge in [-0.2, -0.15) is 0 Å². The summed E-state index contributed by atoms with van der Waals surface area (Å²) >= 11 is 0. The summed E-state index contributed by atoms with van der Waals surface area (Å²) in [5.74, 6) is 0. The molecule has 7 aromatic carbocycles. The Bertz CT molecular complexity index is 2250. The van der Waals surface area contributed by atoms with Crippen LogP contribution in [0.4, 0.5) is 34.1 Å². The topological polar surface area (TPSA) is 6.48 Å². The zero-order valence-corrected chi connectivity index (χ0v) is 34.1. The second kappa shape index (κ2) is 16.6. The van der Waals surface area contributed by atoms with E-state index in [0.717, 1.165) is 22.5 Å². The third-order valence-electron chi connectivity index (χ3n) is 11.2. The maximum Gasteiger partial charge on any atom is 0.0464 e. The lowest BCUT2D eigenvalue weighted by Gasteiger charge is -2.27. The first kappa shape index (κ1) is 37.9. The highest BCUT2D eigenvalue weighted by Gasteiger charge is 2.15. The minimum atomic E-state index is 1.14. The predicted octanol–water partition coefficient (Wildman–Crippen LogP) is 15.4. The van der Waals surface area contributed by atoms with Crippen molar-refractivity contribution in [2.45, 2.75) is 55.4 Å². The van der Waals surface area contributed by atoms with Gasteiger partial charge in [0.15, 0.2) is 0 Å². The molecule has 0 saturated carbocycles. The Kier molecular flexibility index (Phi) is 11.2. The van der Waals surface area contributed by atoms with Gasteiger partial charge in [-0.25, -0.2) is 0 Å². The van der Waals surface area contributed by atoms with Gasteiger partial charge < -0.3 is 9.80 Å². The Morgan fingerprint density at radius 3 is 0.643 bits per heavy atom. The summed E-state index contributed by atoms with van der Waals surface area (Å²) in [6, 6.07) is 53.2. The Morgan fingerprint density at radius 1 is 0.232 bits per heavy atom. The molecule has 0 aromatic heterocycles. The Hall–Kier alpha value is -6.38. The smallest absolute Gasteiger partial charge is 0.0464 e. The maximum absolute atomic E-state index is 2.35. The van der Waals surface area contributed by atoms with Crippen molar-refractivity contribution in [3.05, 3.63) is 212 Å². The van der Waals surface area contributed by atoms with E-state index >= 15 is 0 Å². The van der Waals surface area contributed by atoms with Crippen LogP contribution in [0, 0.1) is 55.4 Å². The van der Waals surface area contributed by atoms with Crippen molar-refractivity contribution in [2.24, 2.45) is 0 Å². The summed E-state index contributed by atoms with van der Waals surface area (Å²) < 4.78 is 0. The normalized spacial score (nSPS) is 11.4. The molecule has 2 heteroatoms. The highest BCUT2D eigenvalue weighted by atomic mass is 15.1. The van der Waals surface area contributed by atoms with Crippen LogP contribution in [-0.4, -0.2) is 0 Å². The summed E-state index contributed by atoms with van der Waals surface area (Å²) in [6.07, 6.45) is 8.74. The fourth-order valence-corrected chi connectivity index (χ4v) is 6.93. The van der Waals surface area contributed by atoms with Crippen molar-refractivity contribution in [1.29, 1.82) is 0 Å². The molecule has 0 fully saturated rings. The van der Waals surface area contributed by atoms with Crippen molar-refractivity contribution in [3.8, 4) is 0 Å². The van der Waals surface area contributed by atoms with E-state index in [0.29, 0.717) is 0 Å². The monoisotopic (exact) mass is 728 g/mol. The van der Waals surface area contributed by atoms with Gasteiger partial charge in [0.25, 0.3) is 0 Å². The van der Waals surface area contributed by atoms with Gasteiger partial charge in [0.05, 0.1) is 0 Å². The summed E-state index contributed by atoms with van der Waals surface area (Å²) in [4.78, 5) is 4.69. The number of benzene rings is 7. The molecule has 0 heterocycles. The lowest BCUT2D eigenvalue weighted by Crippen LogP contribution is -2.10. The van der Waals surface area contributed by atoms with Crippen LogP contribution in [0.2, 0.25) is 0 Å². The molecule has 0 aliphatic heterocycles. The number of nitrogens with zero attached hydrogens (tertiary/aromatic N) is 2. The number of hydrogen-bond acceptors (Lipinski definition) is 2. The highest BCUT2D eigenvalue weighted by Crippen LogP contribution is 2.38. The van der Waals surface area contributed by atoms with E-state index in [1.54, 1.807) is 0 Å². The van der Waals surface area contributed by atoms with Gasteiger partial charge in [-0.05, 0) is 195 Å². The summed E-state index contributed by atoms with van der Waals surface area (Å²) in [5, 5.41) is 0. The minimum absolute atomic E-state index is 1.14. The third kappa shape index (κ3) is 8.61. The summed E-state index contributed by atoms with van der Waals surface area (Å²) in [5.41, 5.74) is 21.9. The van der Waals surface area contributed by atoms with Gasteiger partial charge >= 0.3 is 0 Å². The maximum atomic E-state index is 2.35. The predicted molar refractivity (Wildman–Crippen MR) is 244 cm³/mol. The second-order valence-electron chi connectivity index (χ2n) is 15.3. The molecule has 2 nitrogen and oxygen atoms in total. The Balaban J connectivity index is 1.04. The SMILES string of the molecule is Cc1ccc(N(c2ccc(C=Cc3ccc(C=Cc4ccc(N(c5ccc(C)c(C)c5)c5ccc(C)c(C)c5)cc4)cc3)cc2)c2ccc(C)c(C)c2)cc1C. The van der Waals surface area contributed by atoms with Crippen molar-refractivity contribution in [2.75, 3.05) is 9.80 Å². The van der Waals surface area contributed by atoms with E-state index in [1.165, 1.54) is 78.4 Å². The van der Waals surface area contributed by atoms with Gasteiger partial charge in [0.2, 0.25) is 0 Å². The van der Waals surface area contributed by atoms with Crippen molar-refractivity contribution in [3.63, 3.8) is 0 Å². The third-order valence-corrected chi connectivity index (χ3v) is 11.2. The van der Waals surface area contributed by atoms with Crippen LogP contribution in [0.15, 0.2) is 146 Å². The summed E-state index contributed by atoms with van der Waals surface area (Å²) in [7, 11) is 0. The zero-order chi connectivity index (χ0) is 39.3. The van der Waals surface area contributed by atoms with E-state index in [9.17, 15) is 0 Å². The van der Waals surface area contributed by atoms with Gasteiger partial charge in [-0.3, -0.25) is 0 Å². The largest absolute Gasteiger partial charge is 0.310 e. The van der Waals surface area contributed by atoms with Crippen LogP contribution >= 0.6 is 0 Å². The Labute approximate surface area is 334 Å². The molecule has 0 atom stereocenters. The van der Waals surface area contributed by atoms with E-state index in [2.05, 4.69) is 235 Å². The molecular formula is C54H52N2. The van der Waals surface area contributed by atoms with Crippen LogP contribution in [0.1, 0.15) is 66.8 Å². The van der Waals surface area contributed by atoms with Crippen LogP contribution in [0.3, 0.4) is 0 Å². The molecule has 0 aliphatic carbocycles. The average Bonchev–Trinajstić information content (AvgIpc) is 3.20. The molecule has 278 valence electrons. The standard InChI is InChI=1S/C54H52N2/c1-37-9-25-51(33-41(37)5)55(52-26-10-38(2)42(6)34-52)49-29-21-47(22-30-49)19-17-45-13-15-46(16-14-45)18-20-48-23-31-50(32-24-48)56(53-27-11-39(3)43(7)35-53)54-28-12-40(4)44(8)36-54/h9-36H,1-8H3. The highest BCUT2D eigenvalue weighted by molar-refractivity contribution is 5.81. The molecule has 7 rings (SSSR count). The lowest BCUT2D eigenvalue weighted by atomic mass is 10.0. The number of rotatable bonds is 10. The van der Waals surface area contributed by atoms with Crippen LogP contribution in [0.25, 0.3) is 24.3 Å². The first-order chi connectivity index (χ1) is 27.0. The van der Waals surface area contributed by atoms with E-state index in [1.807, 2.05) is 0 Å². The average molecular weight is 729 g/mol. The van der Waals surface area contributed by atoms with Gasteiger partial charge in [-0.15, -0.1) is 0 Å². The molecule has 0 aliphatic rings. The van der Waals surface area contributed by atoms with Crippen molar-refractivity contribution < 1.29 is 0 Å². The number of anilines is 6. The number of aryl methyl sites for hydroxylation is 8. The fourth-order valence-electron chi connectivity index (χ4n) is 6.93.